The molecule has 0 unspecified atom stereocenters. The van der Waals surface area contributed by atoms with Gasteiger partial charge < -0.3 is 14.8 Å². The molecule has 1 heterocycles. The Morgan fingerprint density at radius 1 is 1.10 bits per heavy atom. The third kappa shape index (κ3) is 5.79. The molecule has 1 N–H and O–H groups in total. The van der Waals surface area contributed by atoms with Crippen LogP contribution in [0, 0.1) is 0 Å². The highest BCUT2D eigenvalue weighted by atomic mass is 32.2. The SMILES string of the molecule is COc1cccc(CNC(=O)CCc2ccc(S(=O)(=O)N3CCOCC3)cc2)c1. The number of morpholine rings is 1. The summed E-state index contributed by atoms with van der Waals surface area (Å²) in [6.45, 7) is 2.02. The number of hydrogen-bond donors (Lipinski definition) is 1. The maximum Gasteiger partial charge on any atom is 0.243 e. The highest BCUT2D eigenvalue weighted by Crippen LogP contribution is 2.18. The van der Waals surface area contributed by atoms with E-state index in [2.05, 4.69) is 5.32 Å². The van der Waals surface area contributed by atoms with Gasteiger partial charge in [0.15, 0.2) is 0 Å². The van der Waals surface area contributed by atoms with Crippen molar-refractivity contribution in [1.29, 1.82) is 0 Å². The van der Waals surface area contributed by atoms with E-state index in [1.165, 1.54) is 4.31 Å². The van der Waals surface area contributed by atoms with Gasteiger partial charge in [-0.25, -0.2) is 8.42 Å². The molecule has 29 heavy (non-hydrogen) atoms. The van der Waals surface area contributed by atoms with Crippen molar-refractivity contribution in [2.75, 3.05) is 33.4 Å². The molecule has 0 saturated carbocycles. The van der Waals surface area contributed by atoms with Crippen LogP contribution in [-0.4, -0.2) is 52.0 Å². The fourth-order valence-electron chi connectivity index (χ4n) is 3.09. The largest absolute Gasteiger partial charge is 0.497 e. The Bertz CT molecular complexity index is 922. The van der Waals surface area contributed by atoms with Crippen LogP contribution in [0.25, 0.3) is 0 Å². The first kappa shape index (κ1) is 21.3. The minimum atomic E-state index is -3.49. The molecule has 0 radical (unpaired) electrons. The number of carbonyl (C=O) groups is 1. The maximum absolute atomic E-state index is 12.6. The molecule has 156 valence electrons. The lowest BCUT2D eigenvalue weighted by atomic mass is 10.1. The van der Waals surface area contributed by atoms with Gasteiger partial charge in [-0.1, -0.05) is 24.3 Å². The molecule has 1 aliphatic heterocycles. The fourth-order valence-corrected chi connectivity index (χ4v) is 4.50. The number of nitrogens with zero attached hydrogens (tertiary/aromatic N) is 1. The van der Waals surface area contributed by atoms with E-state index < -0.39 is 10.0 Å². The molecular weight excluding hydrogens is 392 g/mol. The van der Waals surface area contributed by atoms with Gasteiger partial charge >= 0.3 is 0 Å². The quantitative estimate of drug-likeness (QED) is 0.709. The van der Waals surface area contributed by atoms with Gasteiger partial charge in [0, 0.05) is 26.1 Å². The van der Waals surface area contributed by atoms with Crippen LogP contribution in [0.15, 0.2) is 53.4 Å². The molecule has 0 bridgehead atoms. The Hall–Kier alpha value is -2.42. The van der Waals surface area contributed by atoms with E-state index >= 15 is 0 Å². The number of carbonyl (C=O) groups excluding carboxylic acids is 1. The molecule has 1 fully saturated rings. The van der Waals surface area contributed by atoms with E-state index in [1.54, 1.807) is 31.4 Å². The van der Waals surface area contributed by atoms with Crippen LogP contribution in [0.3, 0.4) is 0 Å². The second-order valence-corrected chi connectivity index (χ2v) is 8.73. The number of nitrogens with one attached hydrogen (secondary N) is 1. The number of amides is 1. The number of benzene rings is 2. The molecule has 1 amide bonds. The van der Waals surface area contributed by atoms with E-state index in [4.69, 9.17) is 9.47 Å². The monoisotopic (exact) mass is 418 g/mol. The Labute approximate surface area is 171 Å². The maximum atomic E-state index is 12.6. The van der Waals surface area contributed by atoms with Gasteiger partial charge in [-0.2, -0.15) is 4.31 Å². The molecule has 3 rings (SSSR count). The summed E-state index contributed by atoms with van der Waals surface area (Å²) >= 11 is 0. The summed E-state index contributed by atoms with van der Waals surface area (Å²) in [6, 6.07) is 14.3. The van der Waals surface area contributed by atoms with Crippen molar-refractivity contribution in [3.05, 3.63) is 59.7 Å². The van der Waals surface area contributed by atoms with Gasteiger partial charge in [-0.05, 0) is 41.8 Å². The minimum absolute atomic E-state index is 0.0576. The van der Waals surface area contributed by atoms with Crippen LogP contribution in [0.1, 0.15) is 17.5 Å². The first-order chi connectivity index (χ1) is 14.0. The number of aryl methyl sites for hydroxylation is 1. The lowest BCUT2D eigenvalue weighted by molar-refractivity contribution is -0.121. The molecule has 0 aliphatic carbocycles. The van der Waals surface area contributed by atoms with Gasteiger partial charge in [-0.15, -0.1) is 0 Å². The summed E-state index contributed by atoms with van der Waals surface area (Å²) in [7, 11) is -1.88. The zero-order valence-corrected chi connectivity index (χ0v) is 17.3. The van der Waals surface area contributed by atoms with Crippen molar-refractivity contribution >= 4 is 15.9 Å². The average molecular weight is 419 g/mol. The fraction of sp³-hybridized carbons (Fsp3) is 0.381. The highest BCUT2D eigenvalue weighted by molar-refractivity contribution is 7.89. The number of rotatable bonds is 8. The van der Waals surface area contributed by atoms with Crippen LogP contribution in [0.5, 0.6) is 5.75 Å². The molecule has 2 aromatic rings. The van der Waals surface area contributed by atoms with Crippen molar-refractivity contribution in [3.63, 3.8) is 0 Å². The van der Waals surface area contributed by atoms with E-state index in [9.17, 15) is 13.2 Å². The van der Waals surface area contributed by atoms with Crippen molar-refractivity contribution in [2.45, 2.75) is 24.3 Å². The molecule has 1 aliphatic rings. The zero-order valence-electron chi connectivity index (χ0n) is 16.5. The van der Waals surface area contributed by atoms with Gasteiger partial charge in [0.1, 0.15) is 5.75 Å². The van der Waals surface area contributed by atoms with Crippen molar-refractivity contribution < 1.29 is 22.7 Å². The van der Waals surface area contributed by atoms with Gasteiger partial charge in [-0.3, -0.25) is 4.79 Å². The van der Waals surface area contributed by atoms with Crippen molar-refractivity contribution in [2.24, 2.45) is 0 Å². The molecule has 7 nitrogen and oxygen atoms in total. The van der Waals surface area contributed by atoms with E-state index in [0.717, 1.165) is 16.9 Å². The summed E-state index contributed by atoms with van der Waals surface area (Å²) in [4.78, 5) is 12.4. The average Bonchev–Trinajstić information content (AvgIpc) is 2.77. The Kier molecular flexibility index (Phi) is 7.24. The molecule has 2 aromatic carbocycles. The second kappa shape index (κ2) is 9.87. The number of hydrogen-bond acceptors (Lipinski definition) is 5. The van der Waals surface area contributed by atoms with Crippen LogP contribution in [0.4, 0.5) is 0 Å². The number of ether oxygens (including phenoxy) is 2. The predicted octanol–water partition coefficient (Wildman–Crippen LogP) is 1.97. The first-order valence-corrected chi connectivity index (χ1v) is 11.0. The normalized spacial score (nSPS) is 15.1. The molecule has 0 aromatic heterocycles. The predicted molar refractivity (Wildman–Crippen MR) is 109 cm³/mol. The first-order valence-electron chi connectivity index (χ1n) is 9.55. The molecule has 0 atom stereocenters. The summed E-state index contributed by atoms with van der Waals surface area (Å²) in [5, 5.41) is 2.89. The number of sulfonamides is 1. The van der Waals surface area contributed by atoms with Crippen LogP contribution < -0.4 is 10.1 Å². The third-order valence-corrected chi connectivity index (χ3v) is 6.71. The number of methoxy groups -OCH3 is 1. The topological polar surface area (TPSA) is 84.9 Å². The smallest absolute Gasteiger partial charge is 0.243 e. The summed E-state index contributed by atoms with van der Waals surface area (Å²) < 4.78 is 37.1. The van der Waals surface area contributed by atoms with Gasteiger partial charge in [0.05, 0.1) is 25.2 Å². The van der Waals surface area contributed by atoms with Crippen LogP contribution in [0.2, 0.25) is 0 Å². The Morgan fingerprint density at radius 2 is 1.83 bits per heavy atom. The van der Waals surface area contributed by atoms with E-state index in [1.807, 2.05) is 24.3 Å². The summed E-state index contributed by atoms with van der Waals surface area (Å²) in [5.74, 6) is 0.696. The van der Waals surface area contributed by atoms with Gasteiger partial charge in [0.2, 0.25) is 15.9 Å². The van der Waals surface area contributed by atoms with E-state index in [0.29, 0.717) is 45.7 Å². The van der Waals surface area contributed by atoms with Crippen molar-refractivity contribution in [1.82, 2.24) is 9.62 Å². The lowest BCUT2D eigenvalue weighted by Gasteiger charge is -2.26. The van der Waals surface area contributed by atoms with Crippen molar-refractivity contribution in [3.8, 4) is 5.75 Å². The molecule has 8 heteroatoms. The second-order valence-electron chi connectivity index (χ2n) is 6.79. The van der Waals surface area contributed by atoms with Crippen LogP contribution >= 0.6 is 0 Å². The zero-order chi connectivity index (χ0) is 20.7. The van der Waals surface area contributed by atoms with Gasteiger partial charge in [0.25, 0.3) is 0 Å². The minimum Gasteiger partial charge on any atom is -0.497 e. The van der Waals surface area contributed by atoms with Crippen LogP contribution in [-0.2, 0) is 32.5 Å². The Balaban J connectivity index is 1.50. The standard InChI is InChI=1S/C21H26N2O5S/c1-27-19-4-2-3-18(15-19)16-22-21(24)10-7-17-5-8-20(9-6-17)29(25,26)23-11-13-28-14-12-23/h2-6,8-9,15H,7,10-14,16H2,1H3,(H,22,24). The summed E-state index contributed by atoms with van der Waals surface area (Å²) in [5.41, 5.74) is 1.89. The summed E-state index contributed by atoms with van der Waals surface area (Å²) in [6.07, 6.45) is 0.876. The van der Waals surface area contributed by atoms with E-state index in [-0.39, 0.29) is 10.8 Å². The molecular formula is C21H26N2O5S. The molecule has 1 saturated heterocycles. The lowest BCUT2D eigenvalue weighted by Crippen LogP contribution is -2.40. The highest BCUT2D eigenvalue weighted by Gasteiger charge is 2.26. The third-order valence-electron chi connectivity index (χ3n) is 4.80. The Morgan fingerprint density at radius 3 is 2.52 bits per heavy atom. The molecule has 0 spiro atoms.